The number of benzene rings is 2. The van der Waals surface area contributed by atoms with E-state index < -0.39 is 0 Å². The van der Waals surface area contributed by atoms with Crippen LogP contribution < -0.4 is 0 Å². The van der Waals surface area contributed by atoms with Crippen molar-refractivity contribution in [2.75, 3.05) is 0 Å². The Hall–Kier alpha value is -1.78. The van der Waals surface area contributed by atoms with Crippen molar-refractivity contribution in [1.82, 2.24) is 9.97 Å². The van der Waals surface area contributed by atoms with E-state index in [1.54, 1.807) is 11.3 Å². The lowest BCUT2D eigenvalue weighted by Crippen LogP contribution is -1.98. The zero-order valence-electron chi connectivity index (χ0n) is 22.9. The maximum atomic E-state index is 5.17. The van der Waals surface area contributed by atoms with Gasteiger partial charge in [0, 0.05) is 5.56 Å². The molecule has 0 radical (unpaired) electrons. The predicted octanol–water partition coefficient (Wildman–Crippen LogP) is 11.0. The van der Waals surface area contributed by atoms with Crippen LogP contribution in [-0.4, -0.2) is 9.97 Å². The van der Waals surface area contributed by atoms with Gasteiger partial charge >= 0.3 is 0 Å². The average Bonchev–Trinajstić information content (AvgIpc) is 3.43. The molecule has 194 valence electrons. The van der Waals surface area contributed by atoms with E-state index >= 15 is 0 Å². The SMILES string of the molecule is CCCCCCCCc1cc(-c2nc3cc4sc(C)nc4cc3s2)c(CCCCCCCC)cc1C. The fraction of sp³-hybridized carbons (Fsp3) is 0.562. The first-order valence-corrected chi connectivity index (χ1v) is 16.0. The molecule has 0 fully saturated rings. The Morgan fingerprint density at radius 2 is 1.14 bits per heavy atom. The normalized spacial score (nSPS) is 11.8. The van der Waals surface area contributed by atoms with E-state index in [2.05, 4.69) is 52.0 Å². The molecule has 0 amide bonds. The second-order valence-corrected chi connectivity index (χ2v) is 12.8. The number of rotatable bonds is 15. The first-order valence-electron chi connectivity index (χ1n) is 14.4. The number of nitrogens with zero attached hydrogens (tertiary/aromatic N) is 2. The summed E-state index contributed by atoms with van der Waals surface area (Å²) in [6, 6.07) is 9.47. The van der Waals surface area contributed by atoms with Crippen LogP contribution >= 0.6 is 22.7 Å². The van der Waals surface area contributed by atoms with E-state index in [-0.39, 0.29) is 0 Å². The lowest BCUT2D eigenvalue weighted by Gasteiger charge is -2.14. The van der Waals surface area contributed by atoms with E-state index in [1.165, 1.54) is 120 Å². The Labute approximate surface area is 226 Å². The van der Waals surface area contributed by atoms with Crippen molar-refractivity contribution in [2.45, 2.75) is 118 Å². The van der Waals surface area contributed by atoms with Crippen LogP contribution in [0.25, 0.3) is 31.0 Å². The smallest absolute Gasteiger partial charge is 0.124 e. The third-order valence-corrected chi connectivity index (χ3v) is 9.38. The molecule has 2 aromatic heterocycles. The van der Waals surface area contributed by atoms with E-state index in [9.17, 15) is 0 Å². The molecule has 0 aliphatic heterocycles. The van der Waals surface area contributed by atoms with Crippen LogP contribution in [0.4, 0.5) is 0 Å². The molecule has 0 saturated heterocycles. The standard InChI is InChI=1S/C32H44N2S2/c1-5-7-9-11-13-15-17-25-20-27(26(19-23(25)3)18-16-14-12-10-8-6-2)32-34-29-22-30-28(21-31(29)36-32)33-24(4)35-30/h19-22H,5-18H2,1-4H3. The third-order valence-electron chi connectivity index (χ3n) is 7.40. The fourth-order valence-electron chi connectivity index (χ4n) is 5.26. The van der Waals surface area contributed by atoms with Crippen LogP contribution in [0.2, 0.25) is 0 Å². The summed E-state index contributed by atoms with van der Waals surface area (Å²) in [6.45, 7) is 8.99. The van der Waals surface area contributed by atoms with Gasteiger partial charge in [-0.25, -0.2) is 9.97 Å². The lowest BCUT2D eigenvalue weighted by molar-refractivity contribution is 0.605. The molecule has 2 heterocycles. The van der Waals surface area contributed by atoms with Gasteiger partial charge in [-0.3, -0.25) is 0 Å². The van der Waals surface area contributed by atoms with Gasteiger partial charge in [-0.05, 0) is 74.4 Å². The minimum Gasteiger partial charge on any atom is -0.241 e. The molecule has 0 aliphatic rings. The molecule has 0 aliphatic carbocycles. The van der Waals surface area contributed by atoms with Crippen molar-refractivity contribution in [3.63, 3.8) is 0 Å². The molecule has 0 unspecified atom stereocenters. The van der Waals surface area contributed by atoms with Gasteiger partial charge in [0.05, 0.1) is 25.4 Å². The maximum absolute atomic E-state index is 5.17. The fourth-order valence-corrected chi connectivity index (χ4v) is 7.13. The number of unbranched alkanes of at least 4 members (excludes halogenated alkanes) is 10. The number of hydrogen-bond acceptors (Lipinski definition) is 4. The van der Waals surface area contributed by atoms with Crippen molar-refractivity contribution in [1.29, 1.82) is 0 Å². The van der Waals surface area contributed by atoms with Crippen molar-refractivity contribution >= 4 is 43.1 Å². The largest absolute Gasteiger partial charge is 0.241 e. The highest BCUT2D eigenvalue weighted by atomic mass is 32.1. The van der Waals surface area contributed by atoms with Crippen molar-refractivity contribution in [3.8, 4) is 10.6 Å². The molecule has 0 N–H and O–H groups in total. The molecule has 4 heteroatoms. The van der Waals surface area contributed by atoms with Gasteiger partial charge in [-0.1, -0.05) is 84.1 Å². The van der Waals surface area contributed by atoms with Crippen molar-refractivity contribution < 1.29 is 0 Å². The van der Waals surface area contributed by atoms with Gasteiger partial charge in [0.25, 0.3) is 0 Å². The minimum absolute atomic E-state index is 1.11. The van der Waals surface area contributed by atoms with Crippen LogP contribution in [0.5, 0.6) is 0 Å². The van der Waals surface area contributed by atoms with Crippen LogP contribution in [-0.2, 0) is 12.8 Å². The van der Waals surface area contributed by atoms with Crippen molar-refractivity contribution in [2.24, 2.45) is 0 Å². The quantitative estimate of drug-likeness (QED) is 0.146. The highest BCUT2D eigenvalue weighted by molar-refractivity contribution is 7.22. The number of fused-ring (bicyclic) bond motifs is 2. The number of aryl methyl sites for hydroxylation is 4. The molecular formula is C32H44N2S2. The van der Waals surface area contributed by atoms with Crippen LogP contribution in [0, 0.1) is 13.8 Å². The topological polar surface area (TPSA) is 25.8 Å². The molecular weight excluding hydrogens is 477 g/mol. The highest BCUT2D eigenvalue weighted by Crippen LogP contribution is 2.37. The van der Waals surface area contributed by atoms with Gasteiger partial charge in [-0.15, -0.1) is 22.7 Å². The Kier molecular flexibility index (Phi) is 10.4. The molecule has 4 aromatic rings. The number of hydrogen-bond donors (Lipinski definition) is 0. The van der Waals surface area contributed by atoms with Gasteiger partial charge in [-0.2, -0.15) is 0 Å². The second-order valence-electron chi connectivity index (χ2n) is 10.5. The molecule has 0 atom stereocenters. The third kappa shape index (κ3) is 7.16. The summed E-state index contributed by atoms with van der Waals surface area (Å²) in [5, 5.41) is 2.31. The molecule has 0 spiro atoms. The van der Waals surface area contributed by atoms with E-state index in [0.717, 1.165) is 22.5 Å². The summed E-state index contributed by atoms with van der Waals surface area (Å²) in [5.41, 5.74) is 8.09. The summed E-state index contributed by atoms with van der Waals surface area (Å²) >= 11 is 3.61. The molecule has 0 saturated carbocycles. The lowest BCUT2D eigenvalue weighted by atomic mass is 9.93. The van der Waals surface area contributed by atoms with Gasteiger partial charge in [0.2, 0.25) is 0 Å². The Morgan fingerprint density at radius 1 is 0.583 bits per heavy atom. The Balaban J connectivity index is 1.57. The second kappa shape index (κ2) is 13.7. The average molecular weight is 521 g/mol. The summed E-state index contributed by atoms with van der Waals surface area (Å²) in [7, 11) is 0. The van der Waals surface area contributed by atoms with Gasteiger partial charge in [0.1, 0.15) is 5.01 Å². The van der Waals surface area contributed by atoms with Crippen molar-refractivity contribution in [3.05, 3.63) is 46.0 Å². The molecule has 2 aromatic carbocycles. The van der Waals surface area contributed by atoms with Gasteiger partial charge < -0.3 is 0 Å². The molecule has 36 heavy (non-hydrogen) atoms. The minimum atomic E-state index is 1.11. The predicted molar refractivity (Wildman–Crippen MR) is 162 cm³/mol. The first kappa shape index (κ1) is 27.3. The maximum Gasteiger partial charge on any atom is 0.124 e. The van der Waals surface area contributed by atoms with E-state index in [4.69, 9.17) is 9.97 Å². The highest BCUT2D eigenvalue weighted by Gasteiger charge is 2.15. The van der Waals surface area contributed by atoms with Crippen LogP contribution in [0.15, 0.2) is 24.3 Å². The number of thiazole rings is 2. The summed E-state index contributed by atoms with van der Waals surface area (Å²) in [6.07, 6.45) is 18.5. The van der Waals surface area contributed by atoms with E-state index in [1.807, 2.05) is 11.3 Å². The monoisotopic (exact) mass is 520 g/mol. The molecule has 0 bridgehead atoms. The Bertz CT molecular complexity index is 1200. The summed E-state index contributed by atoms with van der Waals surface area (Å²) < 4.78 is 2.50. The number of aromatic nitrogens is 2. The van der Waals surface area contributed by atoms with Crippen LogP contribution in [0.1, 0.15) is 113 Å². The van der Waals surface area contributed by atoms with E-state index in [0.29, 0.717) is 0 Å². The zero-order chi connectivity index (χ0) is 25.3. The van der Waals surface area contributed by atoms with Crippen LogP contribution in [0.3, 0.4) is 0 Å². The molecule has 2 nitrogen and oxygen atoms in total. The Morgan fingerprint density at radius 3 is 1.81 bits per heavy atom. The summed E-state index contributed by atoms with van der Waals surface area (Å²) in [4.78, 5) is 9.89. The van der Waals surface area contributed by atoms with Gasteiger partial charge in [0.15, 0.2) is 0 Å². The summed E-state index contributed by atoms with van der Waals surface area (Å²) in [5.74, 6) is 0. The molecule has 4 rings (SSSR count). The zero-order valence-corrected chi connectivity index (χ0v) is 24.6. The first-order chi connectivity index (χ1) is 17.6.